The van der Waals surface area contributed by atoms with E-state index in [2.05, 4.69) is 10.6 Å². The van der Waals surface area contributed by atoms with Gasteiger partial charge in [-0.2, -0.15) is 0 Å². The van der Waals surface area contributed by atoms with Gasteiger partial charge < -0.3 is 20.5 Å². The monoisotopic (exact) mass is 387 g/mol. The Morgan fingerprint density at radius 1 is 1.11 bits per heavy atom. The molecule has 0 aliphatic heterocycles. The number of ether oxygens (including phenoxy) is 2. The van der Waals surface area contributed by atoms with Crippen LogP contribution in [-0.2, 0) is 4.74 Å². The van der Waals surface area contributed by atoms with E-state index in [4.69, 9.17) is 27.4 Å². The molecule has 0 bridgehead atoms. The van der Waals surface area contributed by atoms with Crippen LogP contribution in [0.25, 0.3) is 0 Å². The summed E-state index contributed by atoms with van der Waals surface area (Å²) in [4.78, 5) is 23.8. The number of hydrogen-bond donors (Lipinski definition) is 3. The number of carbonyl (C=O) groups is 2. The minimum atomic E-state index is -0.593. The Kier molecular flexibility index (Phi) is 7.72. The Hall–Kier alpha value is -2.97. The van der Waals surface area contributed by atoms with E-state index in [1.807, 2.05) is 6.92 Å². The molecule has 0 aromatic heterocycles. The quantitative estimate of drug-likeness (QED) is 0.475. The number of nitrogens with two attached hydrogens (primary N) is 1. The lowest BCUT2D eigenvalue weighted by molar-refractivity contribution is 0.0974. The molecule has 0 spiro atoms. The smallest absolute Gasteiger partial charge is 0.257 e. The van der Waals surface area contributed by atoms with Crippen molar-refractivity contribution in [3.8, 4) is 5.75 Å². The van der Waals surface area contributed by atoms with E-state index in [0.717, 1.165) is 0 Å². The third-order valence-corrected chi connectivity index (χ3v) is 3.67. The van der Waals surface area contributed by atoms with Crippen molar-refractivity contribution in [1.82, 2.24) is 5.32 Å². The topological polar surface area (TPSA) is 103 Å². The molecule has 2 rings (SSSR count). The van der Waals surface area contributed by atoms with Crippen molar-refractivity contribution in [2.24, 2.45) is 5.73 Å². The summed E-state index contributed by atoms with van der Waals surface area (Å²) in [6.07, 6.45) is 0. The highest BCUT2D eigenvalue weighted by molar-refractivity contribution is 7.80. The van der Waals surface area contributed by atoms with Gasteiger partial charge >= 0.3 is 0 Å². The summed E-state index contributed by atoms with van der Waals surface area (Å²) in [5, 5.41) is 5.42. The fraction of sp³-hybridized carbons (Fsp3) is 0.211. The number of primary amides is 1. The lowest BCUT2D eigenvalue weighted by atomic mass is 10.1. The molecule has 7 nitrogen and oxygen atoms in total. The van der Waals surface area contributed by atoms with Crippen LogP contribution in [0, 0.1) is 0 Å². The Balaban J connectivity index is 1.96. The maximum atomic E-state index is 12.4. The zero-order valence-corrected chi connectivity index (χ0v) is 15.7. The summed E-state index contributed by atoms with van der Waals surface area (Å²) in [6.45, 7) is 3.39. The molecule has 0 atom stereocenters. The predicted molar refractivity (Wildman–Crippen MR) is 107 cm³/mol. The van der Waals surface area contributed by atoms with Crippen molar-refractivity contribution in [2.75, 3.05) is 25.1 Å². The summed E-state index contributed by atoms with van der Waals surface area (Å²) in [7, 11) is 0. The van der Waals surface area contributed by atoms with E-state index in [1.165, 1.54) is 0 Å². The molecule has 0 saturated heterocycles. The molecule has 4 N–H and O–H groups in total. The van der Waals surface area contributed by atoms with Crippen molar-refractivity contribution >= 4 is 34.8 Å². The number of para-hydroxylation sites is 1. The standard InChI is InChI=1S/C19H21N3O4S/c1-2-25-10-11-26-14-7-5-6-13(12-14)18(24)22-19(27)21-16-9-4-3-8-15(16)17(20)23/h3-9,12H,2,10-11H2,1H3,(H2,20,23)(H2,21,22,24,27). The van der Waals surface area contributed by atoms with E-state index in [-0.39, 0.29) is 10.7 Å². The summed E-state index contributed by atoms with van der Waals surface area (Å²) in [5.41, 5.74) is 6.41. The van der Waals surface area contributed by atoms with Crippen molar-refractivity contribution in [3.05, 3.63) is 59.7 Å². The maximum absolute atomic E-state index is 12.4. The molecule has 142 valence electrons. The second-order valence-electron chi connectivity index (χ2n) is 5.39. The lowest BCUT2D eigenvalue weighted by Gasteiger charge is -2.12. The second-order valence-corrected chi connectivity index (χ2v) is 5.80. The van der Waals surface area contributed by atoms with E-state index in [0.29, 0.717) is 36.8 Å². The predicted octanol–water partition coefficient (Wildman–Crippen LogP) is 2.33. The van der Waals surface area contributed by atoms with Crippen LogP contribution in [0.5, 0.6) is 5.75 Å². The second kappa shape index (κ2) is 10.2. The SMILES string of the molecule is CCOCCOc1cccc(C(=O)NC(=S)Nc2ccccc2C(N)=O)c1. The number of hydrogen-bond acceptors (Lipinski definition) is 5. The van der Waals surface area contributed by atoms with Crippen molar-refractivity contribution in [3.63, 3.8) is 0 Å². The molecule has 0 fully saturated rings. The van der Waals surface area contributed by atoms with Gasteiger partial charge in [0.05, 0.1) is 17.9 Å². The van der Waals surface area contributed by atoms with Crippen LogP contribution in [0.4, 0.5) is 5.69 Å². The summed E-state index contributed by atoms with van der Waals surface area (Å²) >= 11 is 5.15. The number of thiocarbonyl (C=S) groups is 1. The Bertz CT molecular complexity index is 826. The van der Waals surface area contributed by atoms with Gasteiger partial charge in [0.25, 0.3) is 11.8 Å². The third kappa shape index (κ3) is 6.36. The normalized spacial score (nSPS) is 10.1. The number of nitrogens with one attached hydrogen (secondary N) is 2. The van der Waals surface area contributed by atoms with Gasteiger partial charge in [-0.3, -0.25) is 14.9 Å². The molecular weight excluding hydrogens is 366 g/mol. The molecule has 8 heteroatoms. The van der Waals surface area contributed by atoms with Crippen molar-refractivity contribution < 1.29 is 19.1 Å². The lowest BCUT2D eigenvalue weighted by Crippen LogP contribution is -2.34. The van der Waals surface area contributed by atoms with Crippen LogP contribution >= 0.6 is 12.2 Å². The minimum Gasteiger partial charge on any atom is -0.491 e. The molecule has 0 aliphatic carbocycles. The van der Waals surface area contributed by atoms with E-state index in [9.17, 15) is 9.59 Å². The van der Waals surface area contributed by atoms with Crippen molar-refractivity contribution in [1.29, 1.82) is 0 Å². The molecule has 2 aromatic rings. The van der Waals surface area contributed by atoms with Crippen LogP contribution in [-0.4, -0.2) is 36.7 Å². The average Bonchev–Trinajstić information content (AvgIpc) is 2.65. The highest BCUT2D eigenvalue weighted by Crippen LogP contribution is 2.15. The van der Waals surface area contributed by atoms with Crippen LogP contribution in [0.1, 0.15) is 27.6 Å². The van der Waals surface area contributed by atoms with E-state index in [1.54, 1.807) is 48.5 Å². The van der Waals surface area contributed by atoms with Crippen LogP contribution in [0.2, 0.25) is 0 Å². The summed E-state index contributed by atoms with van der Waals surface area (Å²) < 4.78 is 10.7. The molecule has 0 saturated carbocycles. The molecule has 0 radical (unpaired) electrons. The van der Waals surface area contributed by atoms with E-state index >= 15 is 0 Å². The maximum Gasteiger partial charge on any atom is 0.257 e. The average molecular weight is 387 g/mol. The molecule has 0 aliphatic rings. The summed E-state index contributed by atoms with van der Waals surface area (Å²) in [5.74, 6) is -0.441. The van der Waals surface area contributed by atoms with Gasteiger partial charge in [0.15, 0.2) is 5.11 Å². The van der Waals surface area contributed by atoms with Gasteiger partial charge in [-0.1, -0.05) is 18.2 Å². The van der Waals surface area contributed by atoms with Gasteiger partial charge in [0.1, 0.15) is 12.4 Å². The van der Waals surface area contributed by atoms with Crippen LogP contribution in [0.15, 0.2) is 48.5 Å². The third-order valence-electron chi connectivity index (χ3n) is 3.46. The highest BCUT2D eigenvalue weighted by Gasteiger charge is 2.12. The van der Waals surface area contributed by atoms with Crippen LogP contribution in [0.3, 0.4) is 0 Å². The number of anilines is 1. The Morgan fingerprint density at radius 2 is 1.89 bits per heavy atom. The van der Waals surface area contributed by atoms with Gasteiger partial charge in [0.2, 0.25) is 0 Å². The first-order valence-electron chi connectivity index (χ1n) is 8.33. The van der Waals surface area contributed by atoms with Gasteiger partial charge in [-0.05, 0) is 49.5 Å². The first kappa shape index (κ1) is 20.3. The first-order valence-corrected chi connectivity index (χ1v) is 8.74. The fourth-order valence-corrected chi connectivity index (χ4v) is 2.43. The first-order chi connectivity index (χ1) is 13.0. The number of amides is 2. The molecule has 27 heavy (non-hydrogen) atoms. The summed E-state index contributed by atoms with van der Waals surface area (Å²) in [6, 6.07) is 13.3. The van der Waals surface area contributed by atoms with Gasteiger partial charge in [0, 0.05) is 12.2 Å². The zero-order valence-electron chi connectivity index (χ0n) is 14.9. The van der Waals surface area contributed by atoms with Crippen LogP contribution < -0.4 is 21.1 Å². The minimum absolute atomic E-state index is 0.0522. The van der Waals surface area contributed by atoms with E-state index < -0.39 is 11.8 Å². The highest BCUT2D eigenvalue weighted by atomic mass is 32.1. The largest absolute Gasteiger partial charge is 0.491 e. The fourth-order valence-electron chi connectivity index (χ4n) is 2.23. The molecule has 0 heterocycles. The Morgan fingerprint density at radius 3 is 2.63 bits per heavy atom. The molecule has 2 aromatic carbocycles. The number of rotatable bonds is 8. The number of carbonyl (C=O) groups excluding carboxylic acids is 2. The molecular formula is C19H21N3O4S. The van der Waals surface area contributed by atoms with Gasteiger partial charge in [-0.15, -0.1) is 0 Å². The van der Waals surface area contributed by atoms with Crippen molar-refractivity contribution in [2.45, 2.75) is 6.92 Å². The Labute approximate surface area is 162 Å². The zero-order chi connectivity index (χ0) is 19.6. The van der Waals surface area contributed by atoms with Gasteiger partial charge in [-0.25, -0.2) is 0 Å². The molecule has 0 unspecified atom stereocenters. The number of benzene rings is 2. The molecule has 2 amide bonds.